The summed E-state index contributed by atoms with van der Waals surface area (Å²) >= 11 is 6.74. The topological polar surface area (TPSA) is 12.5 Å². The fourth-order valence-corrected chi connectivity index (χ4v) is 4.24. The molecule has 2 aromatic carbocycles. The van der Waals surface area contributed by atoms with Gasteiger partial charge < -0.3 is 4.43 Å². The second-order valence-corrected chi connectivity index (χ2v) is 14.6. The van der Waals surface area contributed by atoms with Gasteiger partial charge in [-0.1, -0.05) is 81.4 Å². The van der Waals surface area contributed by atoms with Crippen LogP contribution in [0.4, 0.5) is 0 Å². The first-order chi connectivity index (χ1) is 13.2. The minimum absolute atomic E-state index is 0.0807. The van der Waals surface area contributed by atoms with E-state index in [2.05, 4.69) is 99.4 Å². The highest BCUT2D eigenvalue weighted by Crippen LogP contribution is 2.36. The third kappa shape index (κ3) is 7.71. The quantitative estimate of drug-likeness (QED) is 0.314. The second kappa shape index (κ2) is 10.6. The van der Waals surface area contributed by atoms with Crippen LogP contribution in [0.1, 0.15) is 38.3 Å². The van der Waals surface area contributed by atoms with Gasteiger partial charge in [-0.3, -0.25) is 4.90 Å². The molecule has 0 aliphatic heterocycles. The van der Waals surface area contributed by atoms with Gasteiger partial charge >= 0.3 is 0 Å². The summed E-state index contributed by atoms with van der Waals surface area (Å²) in [5.41, 5.74) is 2.64. The molecule has 4 heteroatoms. The number of hydrogen-bond donors (Lipinski definition) is 0. The summed E-state index contributed by atoms with van der Waals surface area (Å²) in [4.78, 5) is 2.44. The van der Waals surface area contributed by atoms with E-state index < -0.39 is 8.32 Å². The van der Waals surface area contributed by atoms with Crippen molar-refractivity contribution in [3.8, 4) is 0 Å². The Morgan fingerprint density at radius 1 is 0.893 bits per heavy atom. The van der Waals surface area contributed by atoms with Crippen molar-refractivity contribution in [2.75, 3.05) is 13.2 Å². The summed E-state index contributed by atoms with van der Waals surface area (Å²) in [7, 11) is -1.71. The molecule has 0 spiro atoms. The smallest absolute Gasteiger partial charge is 0.191 e. The average molecular weight is 418 g/mol. The molecule has 28 heavy (non-hydrogen) atoms. The monoisotopic (exact) mass is 417 g/mol. The number of nitrogens with zero attached hydrogens (tertiary/aromatic N) is 1. The predicted molar refractivity (Wildman–Crippen MR) is 124 cm³/mol. The van der Waals surface area contributed by atoms with E-state index in [1.807, 2.05) is 0 Å². The lowest BCUT2D eigenvalue weighted by Crippen LogP contribution is -2.41. The summed E-state index contributed by atoms with van der Waals surface area (Å²) in [6.07, 6.45) is 0.883. The maximum Gasteiger partial charge on any atom is 0.191 e. The molecular weight excluding hydrogens is 382 g/mol. The number of rotatable bonds is 10. The molecule has 0 fully saturated rings. The third-order valence-electron chi connectivity index (χ3n) is 5.65. The van der Waals surface area contributed by atoms with Gasteiger partial charge in [0.1, 0.15) is 0 Å². The van der Waals surface area contributed by atoms with Crippen molar-refractivity contribution < 1.29 is 4.43 Å². The van der Waals surface area contributed by atoms with Crippen LogP contribution in [0.25, 0.3) is 0 Å². The van der Waals surface area contributed by atoms with Crippen LogP contribution in [0.2, 0.25) is 18.1 Å². The van der Waals surface area contributed by atoms with Gasteiger partial charge in [0.05, 0.1) is 0 Å². The minimum Gasteiger partial charge on any atom is -0.417 e. The van der Waals surface area contributed by atoms with Gasteiger partial charge in [0.2, 0.25) is 0 Å². The summed E-state index contributed by atoms with van der Waals surface area (Å²) in [6.45, 7) is 14.8. The van der Waals surface area contributed by atoms with Gasteiger partial charge in [-0.2, -0.15) is 0 Å². The Morgan fingerprint density at radius 2 is 1.36 bits per heavy atom. The van der Waals surface area contributed by atoms with Gasteiger partial charge in [0.15, 0.2) is 8.32 Å². The highest BCUT2D eigenvalue weighted by molar-refractivity contribution is 6.74. The van der Waals surface area contributed by atoms with E-state index in [1.54, 1.807) is 0 Å². The molecule has 0 aromatic heterocycles. The van der Waals surface area contributed by atoms with Crippen molar-refractivity contribution in [2.45, 2.75) is 63.8 Å². The van der Waals surface area contributed by atoms with E-state index in [0.29, 0.717) is 0 Å². The first-order valence-electron chi connectivity index (χ1n) is 10.3. The first-order valence-corrected chi connectivity index (χ1v) is 13.6. The normalized spacial score (nSPS) is 13.7. The van der Waals surface area contributed by atoms with Gasteiger partial charge in [-0.15, -0.1) is 11.6 Å². The molecule has 2 aromatic rings. The fourth-order valence-electron chi connectivity index (χ4n) is 2.90. The lowest BCUT2D eigenvalue weighted by Gasteiger charge is -2.36. The van der Waals surface area contributed by atoms with Crippen LogP contribution >= 0.6 is 11.6 Å². The molecule has 0 aliphatic rings. The Bertz CT molecular complexity index is 643. The minimum atomic E-state index is -1.71. The molecule has 1 atom stereocenters. The van der Waals surface area contributed by atoms with Crippen LogP contribution in [0, 0.1) is 0 Å². The summed E-state index contributed by atoms with van der Waals surface area (Å²) < 4.78 is 6.32. The lowest BCUT2D eigenvalue weighted by atomic mass is 10.1. The highest BCUT2D eigenvalue weighted by Gasteiger charge is 2.37. The van der Waals surface area contributed by atoms with Gasteiger partial charge in [0.25, 0.3) is 0 Å². The van der Waals surface area contributed by atoms with Crippen molar-refractivity contribution in [1.82, 2.24) is 4.90 Å². The van der Waals surface area contributed by atoms with E-state index in [-0.39, 0.29) is 10.4 Å². The number of hydrogen-bond acceptors (Lipinski definition) is 2. The van der Waals surface area contributed by atoms with E-state index in [4.69, 9.17) is 16.0 Å². The van der Waals surface area contributed by atoms with Crippen molar-refractivity contribution >= 4 is 19.9 Å². The largest absolute Gasteiger partial charge is 0.417 e. The number of alkyl halides is 1. The maximum absolute atomic E-state index is 6.74. The van der Waals surface area contributed by atoms with Crippen molar-refractivity contribution in [1.29, 1.82) is 0 Å². The zero-order valence-corrected chi connectivity index (χ0v) is 19.9. The van der Waals surface area contributed by atoms with Crippen LogP contribution in [0.3, 0.4) is 0 Å². The molecule has 0 aliphatic carbocycles. The molecule has 0 heterocycles. The number of halogens is 1. The van der Waals surface area contributed by atoms with E-state index in [9.17, 15) is 0 Å². The zero-order chi connectivity index (χ0) is 20.6. The molecule has 0 amide bonds. The molecule has 154 valence electrons. The van der Waals surface area contributed by atoms with Crippen LogP contribution in [-0.2, 0) is 17.5 Å². The van der Waals surface area contributed by atoms with E-state index >= 15 is 0 Å². The Balaban J connectivity index is 1.93. The molecule has 0 radical (unpaired) electrons. The highest BCUT2D eigenvalue weighted by atomic mass is 35.5. The first kappa shape index (κ1) is 23.1. The molecule has 0 saturated heterocycles. The van der Waals surface area contributed by atoms with E-state index in [1.165, 1.54) is 11.1 Å². The Labute approximate surface area is 178 Å². The van der Waals surface area contributed by atoms with Crippen molar-refractivity contribution in [3.05, 3.63) is 71.8 Å². The standard InChI is InChI=1S/C24H36ClNOSi/c1-24(2,3)28(4,5)27-17-16-23(25)20-26(18-21-12-8-6-9-13-21)19-22-14-10-7-11-15-22/h6-15,23H,16-20H2,1-5H3/t23-/m1/s1. The predicted octanol–water partition coefficient (Wildman–Crippen LogP) is 6.71. The average Bonchev–Trinajstić information content (AvgIpc) is 2.62. The summed E-state index contributed by atoms with van der Waals surface area (Å²) in [5.74, 6) is 0. The summed E-state index contributed by atoms with van der Waals surface area (Å²) in [6, 6.07) is 21.2. The second-order valence-electron chi connectivity index (χ2n) is 9.14. The maximum atomic E-state index is 6.74. The van der Waals surface area contributed by atoms with Crippen molar-refractivity contribution in [3.63, 3.8) is 0 Å². The Morgan fingerprint density at radius 3 is 1.79 bits per heavy atom. The fraction of sp³-hybridized carbons (Fsp3) is 0.500. The van der Waals surface area contributed by atoms with Crippen LogP contribution < -0.4 is 0 Å². The Hall–Kier alpha value is -1.13. The number of benzene rings is 2. The zero-order valence-electron chi connectivity index (χ0n) is 18.1. The Kier molecular flexibility index (Phi) is 8.75. The molecular formula is C24H36ClNOSi. The lowest BCUT2D eigenvalue weighted by molar-refractivity contribution is 0.233. The van der Waals surface area contributed by atoms with Crippen LogP contribution in [0.5, 0.6) is 0 Å². The molecule has 2 rings (SSSR count). The summed E-state index contributed by atoms with van der Waals surface area (Å²) in [5, 5.41) is 0.318. The van der Waals surface area contributed by atoms with E-state index in [0.717, 1.165) is 32.7 Å². The van der Waals surface area contributed by atoms with Gasteiger partial charge in [-0.25, -0.2) is 0 Å². The third-order valence-corrected chi connectivity index (χ3v) is 10.5. The molecule has 2 nitrogen and oxygen atoms in total. The molecule has 0 bridgehead atoms. The SMILES string of the molecule is CC(C)(C)[Si](C)(C)OCC[C@@H](Cl)CN(Cc1ccccc1)Cc1ccccc1. The van der Waals surface area contributed by atoms with Crippen LogP contribution in [-0.4, -0.2) is 31.7 Å². The molecule has 0 unspecified atom stereocenters. The van der Waals surface area contributed by atoms with Crippen molar-refractivity contribution in [2.24, 2.45) is 0 Å². The molecule has 0 saturated carbocycles. The van der Waals surface area contributed by atoms with Crippen LogP contribution in [0.15, 0.2) is 60.7 Å². The molecule has 0 N–H and O–H groups in total. The van der Waals surface area contributed by atoms with Gasteiger partial charge in [0, 0.05) is 31.6 Å². The van der Waals surface area contributed by atoms with Gasteiger partial charge in [-0.05, 0) is 35.7 Å².